The van der Waals surface area contributed by atoms with Gasteiger partial charge < -0.3 is 15.8 Å². The van der Waals surface area contributed by atoms with Gasteiger partial charge in [-0.25, -0.2) is 0 Å². The highest BCUT2D eigenvalue weighted by molar-refractivity contribution is 6.39. The van der Waals surface area contributed by atoms with Gasteiger partial charge in [0, 0.05) is 10.7 Å². The van der Waals surface area contributed by atoms with Gasteiger partial charge in [-0.1, -0.05) is 34.8 Å². The SMILES string of the molecule is Nc1c(Cl)cc(NC(=O)C2COc3ccc(Cl)cc3C2)cc1Cl. The van der Waals surface area contributed by atoms with Gasteiger partial charge in [0.05, 0.1) is 21.7 Å². The fourth-order valence-electron chi connectivity index (χ4n) is 2.43. The van der Waals surface area contributed by atoms with Crippen LogP contribution < -0.4 is 15.8 Å². The van der Waals surface area contributed by atoms with Crippen molar-refractivity contribution in [3.63, 3.8) is 0 Å². The number of hydrogen-bond donors (Lipinski definition) is 2. The van der Waals surface area contributed by atoms with Crippen molar-refractivity contribution in [2.75, 3.05) is 17.7 Å². The Labute approximate surface area is 148 Å². The second-order valence-corrected chi connectivity index (χ2v) is 6.56. The molecule has 120 valence electrons. The Balaban J connectivity index is 1.75. The number of ether oxygens (including phenoxy) is 1. The highest BCUT2D eigenvalue weighted by Gasteiger charge is 2.26. The molecule has 3 N–H and O–H groups in total. The number of nitrogen functional groups attached to an aromatic ring is 1. The van der Waals surface area contributed by atoms with Crippen molar-refractivity contribution in [1.82, 2.24) is 0 Å². The third-order valence-electron chi connectivity index (χ3n) is 3.65. The third-order valence-corrected chi connectivity index (χ3v) is 4.51. The third kappa shape index (κ3) is 3.50. The number of anilines is 2. The summed E-state index contributed by atoms with van der Waals surface area (Å²) in [5.74, 6) is 0.264. The molecule has 7 heteroatoms. The standard InChI is InChI=1S/C16H13Cl3N2O2/c17-10-1-2-14-8(4-10)3-9(7-23-14)16(22)21-11-5-12(18)15(20)13(19)6-11/h1-2,4-6,9H,3,7,20H2,(H,21,22). The second-order valence-electron chi connectivity index (χ2n) is 5.31. The number of carbonyl (C=O) groups excluding carboxylic acids is 1. The van der Waals surface area contributed by atoms with E-state index in [4.69, 9.17) is 45.3 Å². The van der Waals surface area contributed by atoms with Crippen LogP contribution in [0.15, 0.2) is 30.3 Å². The molecular weight excluding hydrogens is 359 g/mol. The van der Waals surface area contributed by atoms with Crippen LogP contribution in [0.25, 0.3) is 0 Å². The minimum atomic E-state index is -0.323. The molecule has 0 bridgehead atoms. The molecule has 2 aromatic rings. The number of fused-ring (bicyclic) bond motifs is 1. The van der Waals surface area contributed by atoms with Crippen LogP contribution in [0.1, 0.15) is 5.56 Å². The van der Waals surface area contributed by atoms with Crippen LogP contribution in [0.2, 0.25) is 15.1 Å². The average molecular weight is 372 g/mol. The molecule has 0 saturated heterocycles. The summed E-state index contributed by atoms with van der Waals surface area (Å²) in [5, 5.41) is 4.00. The number of carbonyl (C=O) groups is 1. The molecule has 0 aliphatic carbocycles. The summed E-state index contributed by atoms with van der Waals surface area (Å²) >= 11 is 17.9. The Hall–Kier alpha value is -1.62. The molecule has 1 amide bonds. The zero-order chi connectivity index (χ0) is 16.6. The quantitative estimate of drug-likeness (QED) is 0.768. The first kappa shape index (κ1) is 16.2. The number of amides is 1. The van der Waals surface area contributed by atoms with E-state index in [0.29, 0.717) is 33.8 Å². The van der Waals surface area contributed by atoms with Crippen molar-refractivity contribution in [2.45, 2.75) is 6.42 Å². The number of benzene rings is 2. The van der Waals surface area contributed by atoms with Crippen LogP contribution in [0, 0.1) is 5.92 Å². The molecule has 1 aliphatic heterocycles. The number of nitrogens with one attached hydrogen (secondary N) is 1. The first-order valence-electron chi connectivity index (χ1n) is 6.90. The van der Waals surface area contributed by atoms with Crippen LogP contribution in [0.5, 0.6) is 5.75 Å². The molecule has 3 rings (SSSR count). The lowest BCUT2D eigenvalue weighted by Gasteiger charge is -2.24. The molecule has 0 saturated carbocycles. The molecule has 0 fully saturated rings. The molecule has 2 aromatic carbocycles. The fraction of sp³-hybridized carbons (Fsp3) is 0.188. The van der Waals surface area contributed by atoms with Gasteiger partial charge in [-0.05, 0) is 42.3 Å². The zero-order valence-electron chi connectivity index (χ0n) is 11.9. The van der Waals surface area contributed by atoms with Gasteiger partial charge in [0.15, 0.2) is 0 Å². The molecule has 0 radical (unpaired) electrons. The number of rotatable bonds is 2. The number of hydrogen-bond acceptors (Lipinski definition) is 3. The van der Waals surface area contributed by atoms with Crippen molar-refractivity contribution >= 4 is 52.1 Å². The Bertz CT molecular complexity index is 757. The van der Waals surface area contributed by atoms with Gasteiger partial charge in [0.25, 0.3) is 0 Å². The lowest BCUT2D eigenvalue weighted by molar-refractivity contribution is -0.121. The van der Waals surface area contributed by atoms with Crippen LogP contribution in [0.3, 0.4) is 0 Å². The van der Waals surface area contributed by atoms with Crippen LogP contribution in [-0.4, -0.2) is 12.5 Å². The van der Waals surface area contributed by atoms with Crippen molar-refractivity contribution in [1.29, 1.82) is 0 Å². The minimum absolute atomic E-state index is 0.174. The maximum Gasteiger partial charge on any atom is 0.231 e. The summed E-state index contributed by atoms with van der Waals surface area (Å²) in [6.45, 7) is 0.302. The van der Waals surface area contributed by atoms with Crippen LogP contribution in [0.4, 0.5) is 11.4 Å². The van der Waals surface area contributed by atoms with E-state index in [-0.39, 0.29) is 17.5 Å². The van der Waals surface area contributed by atoms with E-state index in [2.05, 4.69) is 5.32 Å². The summed E-state index contributed by atoms with van der Waals surface area (Å²) in [4.78, 5) is 12.4. The number of halogens is 3. The summed E-state index contributed by atoms with van der Waals surface area (Å²) in [5.41, 5.74) is 7.38. The van der Waals surface area contributed by atoms with Gasteiger partial charge in [0.2, 0.25) is 5.91 Å². The van der Waals surface area contributed by atoms with E-state index in [1.165, 1.54) is 0 Å². The Kier molecular flexibility index (Phi) is 4.57. The van der Waals surface area contributed by atoms with E-state index >= 15 is 0 Å². The maximum absolute atomic E-state index is 12.4. The average Bonchev–Trinajstić information content (AvgIpc) is 2.51. The van der Waals surface area contributed by atoms with Crippen molar-refractivity contribution in [3.8, 4) is 5.75 Å². The molecule has 1 aliphatic rings. The zero-order valence-corrected chi connectivity index (χ0v) is 14.2. The summed E-state index contributed by atoms with van der Waals surface area (Å²) in [6, 6.07) is 8.52. The Morgan fingerprint density at radius 3 is 2.57 bits per heavy atom. The predicted molar refractivity (Wildman–Crippen MR) is 93.6 cm³/mol. The second kappa shape index (κ2) is 6.48. The van der Waals surface area contributed by atoms with E-state index < -0.39 is 0 Å². The smallest absolute Gasteiger partial charge is 0.231 e. The summed E-state index contributed by atoms with van der Waals surface area (Å²) in [7, 11) is 0. The van der Waals surface area contributed by atoms with Gasteiger partial charge in [-0.15, -0.1) is 0 Å². The summed E-state index contributed by atoms with van der Waals surface area (Å²) in [6.07, 6.45) is 0.554. The van der Waals surface area contributed by atoms with Crippen LogP contribution >= 0.6 is 34.8 Å². The fourth-order valence-corrected chi connectivity index (χ4v) is 3.11. The summed E-state index contributed by atoms with van der Waals surface area (Å²) < 4.78 is 5.62. The van der Waals surface area contributed by atoms with Gasteiger partial charge in [0.1, 0.15) is 12.4 Å². The Morgan fingerprint density at radius 2 is 1.87 bits per heavy atom. The molecule has 1 heterocycles. The van der Waals surface area contributed by atoms with Gasteiger partial charge >= 0.3 is 0 Å². The minimum Gasteiger partial charge on any atom is -0.492 e. The Morgan fingerprint density at radius 1 is 1.17 bits per heavy atom. The molecule has 1 unspecified atom stereocenters. The van der Waals surface area contributed by atoms with Crippen molar-refractivity contribution < 1.29 is 9.53 Å². The first-order chi connectivity index (χ1) is 10.9. The normalized spacial score (nSPS) is 16.4. The van der Waals surface area contributed by atoms with Gasteiger partial charge in [-0.3, -0.25) is 4.79 Å². The number of nitrogens with two attached hydrogens (primary N) is 1. The highest BCUT2D eigenvalue weighted by atomic mass is 35.5. The highest BCUT2D eigenvalue weighted by Crippen LogP contribution is 2.33. The molecule has 0 aromatic heterocycles. The van der Waals surface area contributed by atoms with E-state index in [1.807, 2.05) is 12.1 Å². The maximum atomic E-state index is 12.4. The molecule has 4 nitrogen and oxygen atoms in total. The van der Waals surface area contributed by atoms with E-state index in [0.717, 1.165) is 11.3 Å². The lowest BCUT2D eigenvalue weighted by atomic mass is 9.96. The monoisotopic (exact) mass is 370 g/mol. The van der Waals surface area contributed by atoms with E-state index in [9.17, 15) is 4.79 Å². The molecule has 23 heavy (non-hydrogen) atoms. The van der Waals surface area contributed by atoms with Crippen molar-refractivity contribution in [3.05, 3.63) is 51.0 Å². The van der Waals surface area contributed by atoms with Crippen LogP contribution in [-0.2, 0) is 11.2 Å². The molecule has 1 atom stereocenters. The lowest BCUT2D eigenvalue weighted by Crippen LogP contribution is -2.32. The first-order valence-corrected chi connectivity index (χ1v) is 8.04. The predicted octanol–water partition coefficient (Wildman–Crippen LogP) is 4.42. The van der Waals surface area contributed by atoms with Gasteiger partial charge in [-0.2, -0.15) is 0 Å². The van der Waals surface area contributed by atoms with E-state index in [1.54, 1.807) is 18.2 Å². The topological polar surface area (TPSA) is 64.3 Å². The largest absolute Gasteiger partial charge is 0.492 e. The molecular formula is C16H13Cl3N2O2. The molecule has 0 spiro atoms. The van der Waals surface area contributed by atoms with Crippen molar-refractivity contribution in [2.24, 2.45) is 5.92 Å².